The van der Waals surface area contributed by atoms with E-state index >= 15 is 0 Å². The summed E-state index contributed by atoms with van der Waals surface area (Å²) in [4.78, 5) is 24.3. The Bertz CT molecular complexity index is 677. The molecule has 1 fully saturated rings. The Morgan fingerprint density at radius 1 is 1.12 bits per heavy atom. The number of nitriles is 1. The average molecular weight is 356 g/mol. The summed E-state index contributed by atoms with van der Waals surface area (Å²) in [5.74, 6) is -0.321. The molecule has 0 atom stereocenters. The number of hydrogen-bond donors (Lipinski definition) is 3. The Morgan fingerprint density at radius 2 is 1.73 bits per heavy atom. The van der Waals surface area contributed by atoms with Crippen LogP contribution in [-0.4, -0.2) is 29.4 Å². The number of rotatable bonds is 5. The summed E-state index contributed by atoms with van der Waals surface area (Å²) in [5, 5.41) is 18.2. The van der Waals surface area contributed by atoms with Crippen LogP contribution in [0.1, 0.15) is 63.2 Å². The molecular formula is C20H28N4O2. The molecule has 1 aliphatic rings. The summed E-state index contributed by atoms with van der Waals surface area (Å²) in [7, 11) is 0. The minimum Gasteiger partial charge on any atom is -0.376 e. The first-order valence-electron chi connectivity index (χ1n) is 9.12. The number of amides is 2. The zero-order chi connectivity index (χ0) is 19.2. The highest BCUT2D eigenvalue weighted by Crippen LogP contribution is 2.27. The molecule has 0 radical (unpaired) electrons. The van der Waals surface area contributed by atoms with Crippen LogP contribution in [0.5, 0.6) is 0 Å². The maximum atomic E-state index is 12.2. The third-order valence-electron chi connectivity index (χ3n) is 4.39. The van der Waals surface area contributed by atoms with Gasteiger partial charge in [-0.1, -0.05) is 19.3 Å². The van der Waals surface area contributed by atoms with E-state index in [1.54, 1.807) is 24.3 Å². The van der Waals surface area contributed by atoms with Gasteiger partial charge in [-0.3, -0.25) is 9.59 Å². The molecule has 1 aromatic rings. The molecule has 0 aromatic heterocycles. The molecule has 0 bridgehead atoms. The fraction of sp³-hybridized carbons (Fsp3) is 0.550. The van der Waals surface area contributed by atoms with E-state index in [1.807, 2.05) is 20.8 Å². The Labute approximate surface area is 155 Å². The zero-order valence-electron chi connectivity index (χ0n) is 15.8. The lowest BCUT2D eigenvalue weighted by Crippen LogP contribution is -2.50. The topological polar surface area (TPSA) is 94.0 Å². The van der Waals surface area contributed by atoms with Crippen molar-refractivity contribution in [3.8, 4) is 6.07 Å². The van der Waals surface area contributed by atoms with E-state index < -0.39 is 5.54 Å². The maximum absolute atomic E-state index is 12.2. The number of benzene rings is 1. The lowest BCUT2D eigenvalue weighted by molar-refractivity contribution is -0.121. The molecule has 1 saturated carbocycles. The minimum absolute atomic E-state index is 0.0942. The number of anilines is 1. The summed E-state index contributed by atoms with van der Waals surface area (Å²) in [6.07, 6.45) is 4.49. The lowest BCUT2D eigenvalue weighted by Gasteiger charge is -2.31. The Kier molecular flexibility index (Phi) is 6.25. The minimum atomic E-state index is -0.716. The van der Waals surface area contributed by atoms with Crippen molar-refractivity contribution in [2.75, 3.05) is 11.9 Å². The van der Waals surface area contributed by atoms with E-state index in [4.69, 9.17) is 0 Å². The molecule has 0 unspecified atom stereocenters. The Balaban J connectivity index is 1.86. The molecular weight excluding hydrogens is 328 g/mol. The SMILES string of the molecule is CC(C)(C)NC(=O)c1ccc(NCC(=O)NC2(C#N)CCCCC2)cc1. The molecule has 6 nitrogen and oxygen atoms in total. The van der Waals surface area contributed by atoms with Crippen molar-refractivity contribution in [2.45, 2.75) is 64.0 Å². The second-order valence-electron chi connectivity index (χ2n) is 7.94. The largest absolute Gasteiger partial charge is 0.376 e. The van der Waals surface area contributed by atoms with Crippen LogP contribution >= 0.6 is 0 Å². The van der Waals surface area contributed by atoms with Gasteiger partial charge in [0.05, 0.1) is 12.6 Å². The van der Waals surface area contributed by atoms with E-state index in [9.17, 15) is 14.9 Å². The summed E-state index contributed by atoms with van der Waals surface area (Å²) >= 11 is 0. The van der Waals surface area contributed by atoms with Gasteiger partial charge in [-0.2, -0.15) is 5.26 Å². The zero-order valence-corrected chi connectivity index (χ0v) is 15.8. The van der Waals surface area contributed by atoms with Crippen molar-refractivity contribution in [1.82, 2.24) is 10.6 Å². The van der Waals surface area contributed by atoms with Crippen LogP contribution in [0.25, 0.3) is 0 Å². The quantitative estimate of drug-likeness (QED) is 0.756. The average Bonchev–Trinajstić information content (AvgIpc) is 2.60. The van der Waals surface area contributed by atoms with Crippen molar-refractivity contribution in [3.05, 3.63) is 29.8 Å². The second-order valence-corrected chi connectivity index (χ2v) is 7.94. The molecule has 0 saturated heterocycles. The van der Waals surface area contributed by atoms with Crippen molar-refractivity contribution >= 4 is 17.5 Å². The molecule has 6 heteroatoms. The van der Waals surface area contributed by atoms with E-state index in [-0.39, 0.29) is 23.9 Å². The number of carbonyl (C=O) groups is 2. The molecule has 2 amide bonds. The normalized spacial score (nSPS) is 16.2. The van der Waals surface area contributed by atoms with Crippen LogP contribution in [0.3, 0.4) is 0 Å². The van der Waals surface area contributed by atoms with Gasteiger partial charge < -0.3 is 16.0 Å². The van der Waals surface area contributed by atoms with Gasteiger partial charge in [0.1, 0.15) is 5.54 Å². The van der Waals surface area contributed by atoms with E-state index in [1.165, 1.54) is 0 Å². The Hall–Kier alpha value is -2.55. The lowest BCUT2D eigenvalue weighted by atomic mass is 9.83. The molecule has 140 valence electrons. The summed E-state index contributed by atoms with van der Waals surface area (Å²) in [6.45, 7) is 5.89. The highest BCUT2D eigenvalue weighted by atomic mass is 16.2. The van der Waals surface area contributed by atoms with Gasteiger partial charge in [-0.05, 0) is 57.9 Å². The van der Waals surface area contributed by atoms with Crippen LogP contribution in [0.15, 0.2) is 24.3 Å². The molecule has 1 aromatic carbocycles. The number of hydrogen-bond acceptors (Lipinski definition) is 4. The number of nitrogens with one attached hydrogen (secondary N) is 3. The van der Waals surface area contributed by atoms with Crippen LogP contribution in [-0.2, 0) is 4.79 Å². The van der Waals surface area contributed by atoms with Crippen molar-refractivity contribution in [3.63, 3.8) is 0 Å². The summed E-state index contributed by atoms with van der Waals surface area (Å²) in [6, 6.07) is 9.26. The monoisotopic (exact) mass is 356 g/mol. The van der Waals surface area contributed by atoms with Crippen LogP contribution in [0.2, 0.25) is 0 Å². The third kappa shape index (κ3) is 5.76. The first-order valence-corrected chi connectivity index (χ1v) is 9.12. The van der Waals surface area contributed by atoms with Gasteiger partial charge in [0, 0.05) is 16.8 Å². The molecule has 0 aliphatic heterocycles. The fourth-order valence-corrected chi connectivity index (χ4v) is 3.07. The van der Waals surface area contributed by atoms with Crippen LogP contribution in [0, 0.1) is 11.3 Å². The summed E-state index contributed by atoms with van der Waals surface area (Å²) in [5.41, 5.74) is 0.316. The van der Waals surface area contributed by atoms with Gasteiger partial charge in [0.25, 0.3) is 5.91 Å². The molecule has 0 heterocycles. The predicted molar refractivity (Wildman–Crippen MR) is 102 cm³/mol. The van der Waals surface area contributed by atoms with E-state index in [0.29, 0.717) is 18.4 Å². The van der Waals surface area contributed by atoms with Gasteiger partial charge in [-0.25, -0.2) is 0 Å². The highest BCUT2D eigenvalue weighted by Gasteiger charge is 2.33. The Morgan fingerprint density at radius 3 is 2.27 bits per heavy atom. The van der Waals surface area contributed by atoms with Gasteiger partial charge >= 0.3 is 0 Å². The molecule has 26 heavy (non-hydrogen) atoms. The first kappa shape index (κ1) is 19.8. The standard InChI is InChI=1S/C20H28N4O2/c1-19(2,3)24-18(26)15-7-9-16(10-8-15)22-13-17(25)23-20(14-21)11-5-4-6-12-20/h7-10,22H,4-6,11-13H2,1-3H3,(H,23,25)(H,24,26). The van der Waals surface area contributed by atoms with Gasteiger partial charge in [-0.15, -0.1) is 0 Å². The smallest absolute Gasteiger partial charge is 0.251 e. The van der Waals surface area contributed by atoms with E-state index in [0.717, 1.165) is 24.9 Å². The first-order chi connectivity index (χ1) is 12.2. The predicted octanol–water partition coefficient (Wildman–Crippen LogP) is 2.97. The number of carbonyl (C=O) groups excluding carboxylic acids is 2. The molecule has 3 N–H and O–H groups in total. The maximum Gasteiger partial charge on any atom is 0.251 e. The second kappa shape index (κ2) is 8.22. The van der Waals surface area contributed by atoms with Gasteiger partial charge in [0.2, 0.25) is 5.91 Å². The van der Waals surface area contributed by atoms with Crippen molar-refractivity contribution in [1.29, 1.82) is 5.26 Å². The number of nitrogens with zero attached hydrogens (tertiary/aromatic N) is 1. The molecule has 2 rings (SSSR count). The van der Waals surface area contributed by atoms with E-state index in [2.05, 4.69) is 22.0 Å². The van der Waals surface area contributed by atoms with Crippen molar-refractivity contribution in [2.24, 2.45) is 0 Å². The van der Waals surface area contributed by atoms with Crippen LogP contribution in [0.4, 0.5) is 5.69 Å². The summed E-state index contributed by atoms with van der Waals surface area (Å²) < 4.78 is 0. The third-order valence-corrected chi connectivity index (χ3v) is 4.39. The highest BCUT2D eigenvalue weighted by molar-refractivity contribution is 5.95. The fourth-order valence-electron chi connectivity index (χ4n) is 3.07. The molecule has 0 spiro atoms. The van der Waals surface area contributed by atoms with Crippen LogP contribution < -0.4 is 16.0 Å². The van der Waals surface area contributed by atoms with Crippen molar-refractivity contribution < 1.29 is 9.59 Å². The van der Waals surface area contributed by atoms with Gasteiger partial charge in [0.15, 0.2) is 0 Å². The molecule has 1 aliphatic carbocycles.